The van der Waals surface area contributed by atoms with Crippen LogP contribution in [-0.4, -0.2) is 20.2 Å². The van der Waals surface area contributed by atoms with Crippen molar-refractivity contribution in [3.8, 4) is 22.5 Å². The van der Waals surface area contributed by atoms with Crippen molar-refractivity contribution in [2.24, 2.45) is 0 Å². The van der Waals surface area contributed by atoms with Crippen LogP contribution in [-0.2, 0) is 6.18 Å². The first-order valence-corrected chi connectivity index (χ1v) is 7.95. The van der Waals surface area contributed by atoms with Crippen molar-refractivity contribution in [2.75, 3.05) is 5.73 Å². The second-order valence-electron chi connectivity index (χ2n) is 5.83. The third-order valence-electron chi connectivity index (χ3n) is 4.03. The van der Waals surface area contributed by atoms with Gasteiger partial charge in [0.25, 0.3) is 0 Å². The number of aromatic nitrogens is 4. The van der Waals surface area contributed by atoms with Gasteiger partial charge in [-0.15, -0.1) is 10.2 Å². The van der Waals surface area contributed by atoms with Gasteiger partial charge in [-0.25, -0.2) is 4.98 Å². The van der Waals surface area contributed by atoms with Crippen molar-refractivity contribution in [3.63, 3.8) is 0 Å². The summed E-state index contributed by atoms with van der Waals surface area (Å²) in [6.07, 6.45) is -3.23. The lowest BCUT2D eigenvalue weighted by molar-refractivity contribution is -0.136. The lowest BCUT2D eigenvalue weighted by Gasteiger charge is -2.13. The zero-order valence-corrected chi connectivity index (χ0v) is 13.8. The maximum absolute atomic E-state index is 13.6. The second kappa shape index (κ2) is 6.31. The van der Waals surface area contributed by atoms with E-state index in [2.05, 4.69) is 20.2 Å². The fourth-order valence-corrected chi connectivity index (χ4v) is 2.88. The fourth-order valence-electron chi connectivity index (χ4n) is 2.88. The van der Waals surface area contributed by atoms with Crippen molar-refractivity contribution in [3.05, 3.63) is 66.4 Å². The maximum Gasteiger partial charge on any atom is 0.418 e. The van der Waals surface area contributed by atoms with E-state index in [1.165, 1.54) is 6.20 Å². The van der Waals surface area contributed by atoms with Crippen LogP contribution in [0.2, 0.25) is 0 Å². The van der Waals surface area contributed by atoms with Gasteiger partial charge in [-0.05, 0) is 18.2 Å². The molecule has 0 aliphatic heterocycles. The van der Waals surface area contributed by atoms with E-state index in [0.717, 1.165) is 6.07 Å². The highest BCUT2D eigenvalue weighted by Crippen LogP contribution is 2.38. The Labute approximate surface area is 151 Å². The Bertz CT molecular complexity index is 1130. The molecule has 0 amide bonds. The largest absolute Gasteiger partial charge is 0.418 e. The van der Waals surface area contributed by atoms with E-state index in [9.17, 15) is 13.2 Å². The summed E-state index contributed by atoms with van der Waals surface area (Å²) in [7, 11) is 0. The number of halogens is 3. The molecule has 4 aromatic rings. The minimum Gasteiger partial charge on any atom is -0.366 e. The van der Waals surface area contributed by atoms with Gasteiger partial charge < -0.3 is 5.73 Å². The van der Waals surface area contributed by atoms with E-state index in [1.807, 2.05) is 6.07 Å². The number of anilines is 1. The monoisotopic (exact) mass is 367 g/mol. The molecule has 2 N–H and O–H groups in total. The Morgan fingerprint density at radius 2 is 1.59 bits per heavy atom. The number of nitrogens with two attached hydrogens (primary N) is 1. The number of nitrogens with zero attached hydrogens (tertiary/aromatic N) is 4. The summed E-state index contributed by atoms with van der Waals surface area (Å²) in [6, 6.07) is 14.7. The number of fused-ring (bicyclic) bond motifs is 1. The molecule has 0 aliphatic rings. The van der Waals surface area contributed by atoms with E-state index in [1.54, 1.807) is 42.5 Å². The molecule has 0 bridgehead atoms. The maximum atomic E-state index is 13.6. The van der Waals surface area contributed by atoms with Gasteiger partial charge in [-0.3, -0.25) is 4.98 Å². The summed E-state index contributed by atoms with van der Waals surface area (Å²) < 4.78 is 40.8. The molecule has 0 atom stereocenters. The van der Waals surface area contributed by atoms with E-state index < -0.39 is 11.7 Å². The predicted molar refractivity (Wildman–Crippen MR) is 95.4 cm³/mol. The number of benzene rings is 2. The quantitative estimate of drug-likeness (QED) is 0.570. The average Bonchev–Trinajstić information content (AvgIpc) is 2.67. The molecular weight excluding hydrogens is 355 g/mol. The number of rotatable bonds is 2. The van der Waals surface area contributed by atoms with E-state index in [-0.39, 0.29) is 22.7 Å². The molecule has 4 rings (SSSR count). The van der Waals surface area contributed by atoms with Gasteiger partial charge in [0.05, 0.1) is 11.1 Å². The molecule has 2 aromatic carbocycles. The summed E-state index contributed by atoms with van der Waals surface area (Å²) in [5, 5.41) is 8.11. The number of alkyl halides is 3. The standard InChI is InChI=1S/C19H12F3N5/c20-19(21,22)14-10-13(9-12-7-4-8-24-15(12)14)17-16(25-18(23)27-26-17)11-5-2-1-3-6-11/h1-10H,(H2,23,25,27). The Balaban J connectivity index is 2.02. The lowest BCUT2D eigenvalue weighted by atomic mass is 9.99. The first-order valence-electron chi connectivity index (χ1n) is 7.95. The van der Waals surface area contributed by atoms with Crippen LogP contribution in [0, 0.1) is 0 Å². The molecule has 134 valence electrons. The Kier molecular flexibility index (Phi) is 3.95. The fraction of sp³-hybridized carbons (Fsp3) is 0.0526. The highest BCUT2D eigenvalue weighted by Gasteiger charge is 2.34. The Morgan fingerprint density at radius 3 is 2.33 bits per heavy atom. The summed E-state index contributed by atoms with van der Waals surface area (Å²) in [5.41, 5.74) is 6.19. The molecule has 0 saturated carbocycles. The third kappa shape index (κ3) is 3.17. The summed E-state index contributed by atoms with van der Waals surface area (Å²) in [5.74, 6) is -0.0592. The first kappa shape index (κ1) is 16.9. The van der Waals surface area contributed by atoms with Crippen molar-refractivity contribution >= 4 is 16.9 Å². The van der Waals surface area contributed by atoms with Crippen molar-refractivity contribution in [1.29, 1.82) is 0 Å². The zero-order valence-electron chi connectivity index (χ0n) is 13.8. The summed E-state index contributed by atoms with van der Waals surface area (Å²) >= 11 is 0. The van der Waals surface area contributed by atoms with Crippen LogP contribution >= 0.6 is 0 Å². The topological polar surface area (TPSA) is 77.6 Å². The number of pyridine rings is 1. The minimum atomic E-state index is -4.57. The number of hydrogen-bond acceptors (Lipinski definition) is 5. The van der Waals surface area contributed by atoms with Gasteiger partial charge in [0.2, 0.25) is 5.95 Å². The van der Waals surface area contributed by atoms with Crippen LogP contribution in [0.1, 0.15) is 5.56 Å². The summed E-state index contributed by atoms with van der Waals surface area (Å²) in [6.45, 7) is 0. The van der Waals surface area contributed by atoms with Crippen LogP contribution in [0.15, 0.2) is 60.8 Å². The highest BCUT2D eigenvalue weighted by atomic mass is 19.4. The molecule has 2 heterocycles. The van der Waals surface area contributed by atoms with Crippen LogP contribution < -0.4 is 5.73 Å². The lowest BCUT2D eigenvalue weighted by Crippen LogP contribution is -2.08. The normalized spacial score (nSPS) is 11.7. The average molecular weight is 367 g/mol. The minimum absolute atomic E-state index is 0.0592. The van der Waals surface area contributed by atoms with Gasteiger partial charge in [-0.1, -0.05) is 36.4 Å². The smallest absolute Gasteiger partial charge is 0.366 e. The molecule has 27 heavy (non-hydrogen) atoms. The first-order chi connectivity index (χ1) is 12.9. The van der Waals surface area contributed by atoms with Crippen LogP contribution in [0.4, 0.5) is 19.1 Å². The second-order valence-corrected chi connectivity index (χ2v) is 5.83. The number of hydrogen-bond donors (Lipinski definition) is 1. The van der Waals surface area contributed by atoms with Gasteiger partial charge in [0.15, 0.2) is 0 Å². The SMILES string of the molecule is Nc1nnc(-c2cc(C(F)(F)F)c3ncccc3c2)c(-c2ccccc2)n1. The molecule has 8 heteroatoms. The van der Waals surface area contributed by atoms with E-state index in [0.29, 0.717) is 16.6 Å². The van der Waals surface area contributed by atoms with Crippen molar-refractivity contribution in [1.82, 2.24) is 20.2 Å². The van der Waals surface area contributed by atoms with Gasteiger partial charge in [0, 0.05) is 22.7 Å². The van der Waals surface area contributed by atoms with Crippen molar-refractivity contribution in [2.45, 2.75) is 6.18 Å². The molecule has 0 saturated heterocycles. The molecule has 0 spiro atoms. The summed E-state index contributed by atoms with van der Waals surface area (Å²) in [4.78, 5) is 8.08. The Morgan fingerprint density at radius 1 is 0.815 bits per heavy atom. The highest BCUT2D eigenvalue weighted by molar-refractivity contribution is 5.89. The van der Waals surface area contributed by atoms with Crippen molar-refractivity contribution < 1.29 is 13.2 Å². The van der Waals surface area contributed by atoms with Gasteiger partial charge in [0.1, 0.15) is 11.4 Å². The van der Waals surface area contributed by atoms with E-state index in [4.69, 9.17) is 5.73 Å². The molecule has 0 aliphatic carbocycles. The molecule has 0 radical (unpaired) electrons. The molecule has 5 nitrogen and oxygen atoms in total. The van der Waals surface area contributed by atoms with Gasteiger partial charge in [-0.2, -0.15) is 13.2 Å². The van der Waals surface area contributed by atoms with Crippen LogP contribution in [0.25, 0.3) is 33.4 Å². The van der Waals surface area contributed by atoms with Crippen LogP contribution in [0.3, 0.4) is 0 Å². The molecule has 2 aromatic heterocycles. The van der Waals surface area contributed by atoms with E-state index >= 15 is 0 Å². The van der Waals surface area contributed by atoms with Gasteiger partial charge >= 0.3 is 6.18 Å². The molecular formula is C19H12F3N5. The number of nitrogen functional groups attached to an aromatic ring is 1. The predicted octanol–water partition coefficient (Wildman–Crippen LogP) is 4.35. The third-order valence-corrected chi connectivity index (χ3v) is 4.03. The zero-order chi connectivity index (χ0) is 19.0. The van der Waals surface area contributed by atoms with Crippen LogP contribution in [0.5, 0.6) is 0 Å². The molecule has 0 unspecified atom stereocenters. The molecule has 0 fully saturated rings. The Hall–Kier alpha value is -3.55.